The molecule has 8 heteroatoms. The molecule has 0 spiro atoms. The van der Waals surface area contributed by atoms with E-state index in [0.29, 0.717) is 23.6 Å². The van der Waals surface area contributed by atoms with Gasteiger partial charge in [0.2, 0.25) is 15.9 Å². The van der Waals surface area contributed by atoms with Crippen molar-refractivity contribution in [1.29, 1.82) is 0 Å². The molecule has 3 rings (SSSR count). The molecule has 1 aliphatic rings. The molecule has 1 heterocycles. The number of benzene rings is 2. The van der Waals surface area contributed by atoms with Gasteiger partial charge in [0.15, 0.2) is 0 Å². The van der Waals surface area contributed by atoms with Crippen molar-refractivity contribution in [3.8, 4) is 11.5 Å². The molecule has 2 aromatic rings. The summed E-state index contributed by atoms with van der Waals surface area (Å²) in [6, 6.07) is 11.3. The molecule has 2 atom stereocenters. The van der Waals surface area contributed by atoms with Crippen LogP contribution in [0.4, 0.5) is 5.69 Å². The quantitative estimate of drug-likeness (QED) is 0.733. The summed E-state index contributed by atoms with van der Waals surface area (Å²) in [5, 5.41) is 3.04. The number of fused-ring (bicyclic) bond motifs is 1. The van der Waals surface area contributed by atoms with E-state index in [1.54, 1.807) is 38.3 Å². The maximum Gasteiger partial charge on any atom is 0.244 e. The summed E-state index contributed by atoms with van der Waals surface area (Å²) in [5.74, 6) is 0.932. The predicted octanol–water partition coefficient (Wildman–Crippen LogP) is 3.58. The number of nitrogens with zero attached hydrogens (tertiary/aromatic N) is 1. The van der Waals surface area contributed by atoms with Gasteiger partial charge in [-0.05, 0) is 57.5 Å². The molecule has 0 aromatic heterocycles. The van der Waals surface area contributed by atoms with Crippen molar-refractivity contribution in [2.75, 3.05) is 17.7 Å². The molecule has 7 nitrogen and oxygen atoms in total. The van der Waals surface area contributed by atoms with Crippen molar-refractivity contribution >= 4 is 21.6 Å². The number of carbonyl (C=O) groups is 1. The van der Waals surface area contributed by atoms with Crippen molar-refractivity contribution in [3.63, 3.8) is 0 Å². The summed E-state index contributed by atoms with van der Waals surface area (Å²) in [5.41, 5.74) is 1.70. The maximum absolute atomic E-state index is 13.2. The van der Waals surface area contributed by atoms with Gasteiger partial charge in [-0.15, -0.1) is 0 Å². The summed E-state index contributed by atoms with van der Waals surface area (Å²) in [6.45, 7) is 7.38. The van der Waals surface area contributed by atoms with Gasteiger partial charge in [-0.25, -0.2) is 8.42 Å². The molecular weight excluding hydrogens is 416 g/mol. The normalized spacial score (nSPS) is 18.3. The lowest BCUT2D eigenvalue weighted by molar-refractivity contribution is -0.123. The fraction of sp³-hybridized carbons (Fsp3) is 0.435. The van der Waals surface area contributed by atoms with Gasteiger partial charge in [0.05, 0.1) is 25.1 Å². The zero-order valence-electron chi connectivity index (χ0n) is 18.8. The van der Waals surface area contributed by atoms with Gasteiger partial charge in [0, 0.05) is 18.1 Å². The van der Waals surface area contributed by atoms with E-state index in [4.69, 9.17) is 9.47 Å². The van der Waals surface area contributed by atoms with Crippen LogP contribution in [0.5, 0.6) is 11.5 Å². The highest BCUT2D eigenvalue weighted by Gasteiger charge is 2.37. The Morgan fingerprint density at radius 3 is 2.58 bits per heavy atom. The van der Waals surface area contributed by atoms with Crippen molar-refractivity contribution in [1.82, 2.24) is 5.32 Å². The molecule has 1 N–H and O–H groups in total. The van der Waals surface area contributed by atoms with E-state index >= 15 is 0 Å². The first-order valence-corrected chi connectivity index (χ1v) is 12.0. The van der Waals surface area contributed by atoms with E-state index in [1.165, 1.54) is 0 Å². The number of rotatable bonds is 6. The van der Waals surface area contributed by atoms with Crippen molar-refractivity contribution < 1.29 is 22.7 Å². The minimum atomic E-state index is -3.68. The number of hydrogen-bond donors (Lipinski definition) is 1. The molecule has 0 aliphatic carbocycles. The minimum Gasteiger partial charge on any atom is -0.497 e. The van der Waals surface area contributed by atoms with Crippen LogP contribution in [0.3, 0.4) is 0 Å². The first-order chi connectivity index (χ1) is 14.4. The molecule has 0 radical (unpaired) electrons. The number of methoxy groups -OCH3 is 1. The highest BCUT2D eigenvalue weighted by molar-refractivity contribution is 7.92. The average Bonchev–Trinajstić information content (AvgIpc) is 2.65. The Hall–Kier alpha value is -2.74. The number of nitrogens with one attached hydrogen (secondary N) is 1. The van der Waals surface area contributed by atoms with E-state index in [2.05, 4.69) is 5.32 Å². The van der Waals surface area contributed by atoms with E-state index in [0.717, 1.165) is 21.7 Å². The monoisotopic (exact) mass is 446 g/mol. The fourth-order valence-corrected chi connectivity index (χ4v) is 5.12. The summed E-state index contributed by atoms with van der Waals surface area (Å²) in [7, 11) is -2.10. The molecule has 1 aliphatic heterocycles. The second kappa shape index (κ2) is 8.42. The van der Waals surface area contributed by atoms with Crippen molar-refractivity contribution in [2.24, 2.45) is 0 Å². The third-order valence-electron chi connectivity index (χ3n) is 5.34. The Bertz CT molecular complexity index is 1080. The van der Waals surface area contributed by atoms with Crippen LogP contribution in [0, 0.1) is 6.92 Å². The third-order valence-corrected chi connectivity index (χ3v) is 6.58. The van der Waals surface area contributed by atoms with Crippen LogP contribution in [0.2, 0.25) is 0 Å². The van der Waals surface area contributed by atoms with Crippen molar-refractivity contribution in [2.45, 2.75) is 51.8 Å². The molecule has 0 saturated heterocycles. The zero-order valence-corrected chi connectivity index (χ0v) is 19.6. The summed E-state index contributed by atoms with van der Waals surface area (Å²) in [6.07, 6.45) is 1.66. The van der Waals surface area contributed by atoms with Crippen LogP contribution in [-0.4, -0.2) is 39.3 Å². The molecule has 168 valence electrons. The fourth-order valence-electron chi connectivity index (χ4n) is 3.95. The summed E-state index contributed by atoms with van der Waals surface area (Å²) < 4.78 is 37.7. The predicted molar refractivity (Wildman–Crippen MR) is 121 cm³/mol. The third kappa shape index (κ3) is 5.12. The van der Waals surface area contributed by atoms with Crippen LogP contribution < -0.4 is 19.1 Å². The Balaban J connectivity index is 1.91. The van der Waals surface area contributed by atoms with Crippen LogP contribution in [0.1, 0.15) is 44.4 Å². The SMILES string of the molecule is COc1ccc2c(c1)OC(C)(C)CC2NC(=O)C(C)N(c1cccc(C)c1)S(C)(=O)=O. The lowest BCUT2D eigenvalue weighted by Gasteiger charge is -2.39. The second-order valence-electron chi connectivity index (χ2n) is 8.60. The smallest absolute Gasteiger partial charge is 0.244 e. The van der Waals surface area contributed by atoms with Gasteiger partial charge in [-0.3, -0.25) is 9.10 Å². The number of sulfonamides is 1. The zero-order chi connectivity index (χ0) is 23.0. The Kier molecular flexibility index (Phi) is 6.23. The topological polar surface area (TPSA) is 84.9 Å². The Morgan fingerprint density at radius 2 is 1.97 bits per heavy atom. The molecule has 0 saturated carbocycles. The summed E-state index contributed by atoms with van der Waals surface area (Å²) in [4.78, 5) is 13.2. The number of ether oxygens (including phenoxy) is 2. The molecule has 0 fully saturated rings. The van der Waals surface area contributed by atoms with Crippen molar-refractivity contribution in [3.05, 3.63) is 53.6 Å². The lowest BCUT2D eigenvalue weighted by Crippen LogP contribution is -2.50. The van der Waals surface area contributed by atoms with Gasteiger partial charge in [0.1, 0.15) is 23.1 Å². The molecule has 0 bridgehead atoms. The minimum absolute atomic E-state index is 0.321. The van der Waals surface area contributed by atoms with Gasteiger partial charge in [-0.1, -0.05) is 12.1 Å². The van der Waals surface area contributed by atoms with Crippen LogP contribution in [-0.2, 0) is 14.8 Å². The van der Waals surface area contributed by atoms with Gasteiger partial charge < -0.3 is 14.8 Å². The van der Waals surface area contributed by atoms with Crippen LogP contribution in [0.25, 0.3) is 0 Å². The Labute approximate surface area is 184 Å². The van der Waals surface area contributed by atoms with Gasteiger partial charge in [0.25, 0.3) is 0 Å². The number of carbonyl (C=O) groups excluding carboxylic acids is 1. The molecule has 2 unspecified atom stereocenters. The van der Waals surface area contributed by atoms with Crippen LogP contribution >= 0.6 is 0 Å². The number of aryl methyl sites for hydroxylation is 1. The van der Waals surface area contributed by atoms with Gasteiger partial charge in [-0.2, -0.15) is 0 Å². The number of hydrogen-bond acceptors (Lipinski definition) is 5. The van der Waals surface area contributed by atoms with E-state index in [1.807, 2.05) is 39.0 Å². The lowest BCUT2D eigenvalue weighted by atomic mass is 9.89. The standard InChI is InChI=1S/C23H30N2O5S/c1-15-8-7-9-17(12-15)25(31(6,27)28)16(2)22(26)24-20-14-23(3,4)30-21-13-18(29-5)10-11-19(20)21/h7-13,16,20H,14H2,1-6H3,(H,24,26). The average molecular weight is 447 g/mol. The molecule has 1 amide bonds. The molecule has 31 heavy (non-hydrogen) atoms. The second-order valence-corrected chi connectivity index (χ2v) is 10.5. The maximum atomic E-state index is 13.2. The van der Waals surface area contributed by atoms with E-state index in [9.17, 15) is 13.2 Å². The first-order valence-electron chi connectivity index (χ1n) is 10.1. The highest BCUT2D eigenvalue weighted by Crippen LogP contribution is 2.41. The van der Waals surface area contributed by atoms with E-state index < -0.39 is 21.7 Å². The van der Waals surface area contributed by atoms with Gasteiger partial charge >= 0.3 is 0 Å². The molecular formula is C23H30N2O5S. The Morgan fingerprint density at radius 1 is 1.26 bits per heavy atom. The van der Waals surface area contributed by atoms with Crippen LogP contribution in [0.15, 0.2) is 42.5 Å². The largest absolute Gasteiger partial charge is 0.497 e. The summed E-state index contributed by atoms with van der Waals surface area (Å²) >= 11 is 0. The van der Waals surface area contributed by atoms with E-state index in [-0.39, 0.29) is 11.9 Å². The number of amides is 1. The number of anilines is 1. The first kappa shape index (κ1) is 22.9. The highest BCUT2D eigenvalue weighted by atomic mass is 32.2. The molecule has 2 aromatic carbocycles.